The van der Waals surface area contributed by atoms with E-state index in [2.05, 4.69) is 4.18 Å². The predicted octanol–water partition coefficient (Wildman–Crippen LogP) is -1.35. The Hall–Kier alpha value is -0.180. The molecule has 0 N–H and O–H groups in total. The Morgan fingerprint density at radius 2 is 2.00 bits per heavy atom. The summed E-state index contributed by atoms with van der Waals surface area (Å²) in [6, 6.07) is 0. The molecule has 6 nitrogen and oxygen atoms in total. The van der Waals surface area contributed by atoms with Crippen LogP contribution < -0.4 is 0 Å². The molecule has 0 saturated carbocycles. The Kier molecular flexibility index (Phi) is 2.43. The SMILES string of the molecule is O=S1(=O)CC[C@@H](OS(=O)(=O)[O-])C1. The van der Waals surface area contributed by atoms with E-state index >= 15 is 0 Å². The highest BCUT2D eigenvalue weighted by molar-refractivity contribution is 7.91. The predicted molar refractivity (Wildman–Crippen MR) is 37.8 cm³/mol. The first-order valence-electron chi connectivity index (χ1n) is 3.13. The highest BCUT2D eigenvalue weighted by Gasteiger charge is 2.29. The van der Waals surface area contributed by atoms with E-state index in [-0.39, 0.29) is 17.9 Å². The van der Waals surface area contributed by atoms with Gasteiger partial charge in [-0.1, -0.05) is 0 Å². The highest BCUT2D eigenvalue weighted by Crippen LogP contribution is 2.15. The third kappa shape index (κ3) is 3.05. The molecule has 8 heteroatoms. The Bertz CT molecular complexity index is 351. The lowest BCUT2D eigenvalue weighted by atomic mass is 10.3. The van der Waals surface area contributed by atoms with Crippen LogP contribution in [0.15, 0.2) is 0 Å². The van der Waals surface area contributed by atoms with Crippen LogP contribution in [0, 0.1) is 0 Å². The molecular formula is C4H7O6S2-. The van der Waals surface area contributed by atoms with Gasteiger partial charge >= 0.3 is 0 Å². The van der Waals surface area contributed by atoms with Crippen LogP contribution in [0.2, 0.25) is 0 Å². The second-order valence-electron chi connectivity index (χ2n) is 2.53. The van der Waals surface area contributed by atoms with E-state index in [4.69, 9.17) is 0 Å². The monoisotopic (exact) mass is 215 g/mol. The van der Waals surface area contributed by atoms with Crippen LogP contribution in [0.5, 0.6) is 0 Å². The van der Waals surface area contributed by atoms with Crippen molar-refractivity contribution in [2.24, 2.45) is 0 Å². The number of sulfone groups is 1. The molecule has 1 heterocycles. The van der Waals surface area contributed by atoms with Crippen LogP contribution in [0.1, 0.15) is 6.42 Å². The van der Waals surface area contributed by atoms with Crippen molar-refractivity contribution in [3.05, 3.63) is 0 Å². The van der Waals surface area contributed by atoms with Crippen molar-refractivity contribution in [2.45, 2.75) is 12.5 Å². The molecule has 0 spiro atoms. The Balaban J connectivity index is 2.61. The topological polar surface area (TPSA) is 101 Å². The number of hydrogen-bond acceptors (Lipinski definition) is 6. The summed E-state index contributed by atoms with van der Waals surface area (Å²) in [4.78, 5) is 0. The van der Waals surface area contributed by atoms with Gasteiger partial charge in [0.1, 0.15) is 0 Å². The molecule has 72 valence electrons. The molecule has 1 rings (SSSR count). The minimum atomic E-state index is -4.77. The molecule has 1 aliphatic heterocycles. The van der Waals surface area contributed by atoms with Gasteiger partial charge in [-0.25, -0.2) is 16.8 Å². The zero-order valence-electron chi connectivity index (χ0n) is 5.96. The van der Waals surface area contributed by atoms with Crippen LogP contribution in [0.4, 0.5) is 0 Å². The van der Waals surface area contributed by atoms with Gasteiger partial charge in [-0.05, 0) is 6.42 Å². The average molecular weight is 215 g/mol. The summed E-state index contributed by atoms with van der Waals surface area (Å²) in [5.74, 6) is -0.498. The molecule has 1 atom stereocenters. The lowest BCUT2D eigenvalue weighted by Gasteiger charge is -2.11. The smallest absolute Gasteiger partial charge is 0.217 e. The first-order valence-corrected chi connectivity index (χ1v) is 6.28. The van der Waals surface area contributed by atoms with E-state index in [0.717, 1.165) is 0 Å². The van der Waals surface area contributed by atoms with Crippen molar-refractivity contribution in [1.29, 1.82) is 0 Å². The normalized spacial score (nSPS) is 28.9. The molecule has 0 aromatic rings. The lowest BCUT2D eigenvalue weighted by Crippen LogP contribution is -2.18. The Morgan fingerprint density at radius 1 is 1.42 bits per heavy atom. The quantitative estimate of drug-likeness (QED) is 0.417. The molecule has 1 saturated heterocycles. The zero-order chi connectivity index (χ0) is 9.41. The molecule has 0 aromatic heterocycles. The largest absolute Gasteiger partial charge is 0.726 e. The summed E-state index contributed by atoms with van der Waals surface area (Å²) >= 11 is 0. The van der Waals surface area contributed by atoms with Crippen molar-refractivity contribution in [3.63, 3.8) is 0 Å². The number of rotatable bonds is 2. The molecular weight excluding hydrogens is 208 g/mol. The fourth-order valence-electron chi connectivity index (χ4n) is 1.00. The fraction of sp³-hybridized carbons (Fsp3) is 1.00. The minimum Gasteiger partial charge on any atom is -0.726 e. The van der Waals surface area contributed by atoms with Gasteiger partial charge in [-0.2, -0.15) is 0 Å². The van der Waals surface area contributed by atoms with E-state index in [9.17, 15) is 21.4 Å². The van der Waals surface area contributed by atoms with Crippen LogP contribution in [0.3, 0.4) is 0 Å². The molecule has 0 aliphatic carbocycles. The van der Waals surface area contributed by atoms with Gasteiger partial charge in [0.15, 0.2) is 9.84 Å². The standard InChI is InChI=1S/C4H8O6S2/c5-11(6)2-1-4(3-11)10-12(7,8)9/h4H,1-3H2,(H,7,8,9)/p-1/t4-/m1/s1. The second-order valence-corrected chi connectivity index (χ2v) is 5.77. The molecule has 0 aromatic carbocycles. The zero-order valence-corrected chi connectivity index (χ0v) is 7.60. The third-order valence-electron chi connectivity index (χ3n) is 1.44. The summed E-state index contributed by atoms with van der Waals surface area (Å²) in [6.07, 6.45) is -0.915. The molecule has 0 amide bonds. The second kappa shape index (κ2) is 2.95. The maximum atomic E-state index is 10.7. The third-order valence-corrected chi connectivity index (χ3v) is 3.69. The van der Waals surface area contributed by atoms with Gasteiger partial charge in [-0.15, -0.1) is 0 Å². The van der Waals surface area contributed by atoms with E-state index in [0.29, 0.717) is 0 Å². The summed E-state index contributed by atoms with van der Waals surface area (Å²) in [5, 5.41) is 0. The van der Waals surface area contributed by atoms with Crippen molar-refractivity contribution in [2.75, 3.05) is 11.5 Å². The molecule has 1 aliphatic rings. The van der Waals surface area contributed by atoms with Crippen molar-refractivity contribution in [1.82, 2.24) is 0 Å². The average Bonchev–Trinajstić information content (AvgIpc) is 2.05. The summed E-state index contributed by atoms with van der Waals surface area (Å²) in [6.45, 7) is 0. The van der Waals surface area contributed by atoms with Gasteiger partial charge in [0, 0.05) is 0 Å². The van der Waals surface area contributed by atoms with Gasteiger partial charge < -0.3 is 4.55 Å². The van der Waals surface area contributed by atoms with Crippen molar-refractivity contribution < 1.29 is 25.6 Å². The van der Waals surface area contributed by atoms with Gasteiger partial charge in [0.25, 0.3) is 0 Å². The van der Waals surface area contributed by atoms with E-state index < -0.39 is 26.3 Å². The Labute approximate surface area is 70.4 Å². The molecule has 0 radical (unpaired) electrons. The maximum absolute atomic E-state index is 10.7. The minimum absolute atomic E-state index is 0.0732. The molecule has 12 heavy (non-hydrogen) atoms. The maximum Gasteiger partial charge on any atom is 0.217 e. The molecule has 0 unspecified atom stereocenters. The first kappa shape index (κ1) is 9.90. The van der Waals surface area contributed by atoms with E-state index in [1.807, 2.05) is 0 Å². The van der Waals surface area contributed by atoms with Crippen LogP contribution >= 0.6 is 0 Å². The van der Waals surface area contributed by atoms with Gasteiger partial charge in [0.2, 0.25) is 10.4 Å². The summed E-state index contributed by atoms with van der Waals surface area (Å²) in [7, 11) is -7.97. The summed E-state index contributed by atoms with van der Waals surface area (Å²) < 4.78 is 55.5. The molecule has 0 bridgehead atoms. The van der Waals surface area contributed by atoms with E-state index in [1.165, 1.54) is 0 Å². The van der Waals surface area contributed by atoms with Gasteiger partial charge in [-0.3, -0.25) is 4.18 Å². The number of hydrogen-bond donors (Lipinski definition) is 0. The van der Waals surface area contributed by atoms with Crippen molar-refractivity contribution >= 4 is 20.2 Å². The van der Waals surface area contributed by atoms with Crippen LogP contribution in [-0.4, -0.2) is 39.0 Å². The first-order chi connectivity index (χ1) is 5.29. The fourth-order valence-corrected chi connectivity index (χ4v) is 3.18. The highest BCUT2D eigenvalue weighted by atomic mass is 32.3. The lowest BCUT2D eigenvalue weighted by molar-refractivity contribution is 0.199. The molecule has 1 fully saturated rings. The van der Waals surface area contributed by atoms with Gasteiger partial charge in [0.05, 0.1) is 17.6 Å². The van der Waals surface area contributed by atoms with Crippen molar-refractivity contribution in [3.8, 4) is 0 Å². The summed E-state index contributed by atoms with van der Waals surface area (Å²) in [5.41, 5.74) is 0. The van der Waals surface area contributed by atoms with Crippen LogP contribution in [0.25, 0.3) is 0 Å². The van der Waals surface area contributed by atoms with Crippen LogP contribution in [-0.2, 0) is 24.4 Å². The van der Waals surface area contributed by atoms with E-state index in [1.54, 1.807) is 0 Å². The Morgan fingerprint density at radius 3 is 2.33 bits per heavy atom.